The van der Waals surface area contributed by atoms with Gasteiger partial charge in [-0.2, -0.15) is 0 Å². The molecule has 3 rings (SSSR count). The second kappa shape index (κ2) is 9.37. The number of methoxy groups -OCH3 is 1. The molecule has 1 saturated heterocycles. The number of nitrogens with zero attached hydrogens (tertiary/aromatic N) is 1. The Morgan fingerprint density at radius 2 is 1.89 bits per heavy atom. The predicted molar refractivity (Wildman–Crippen MR) is 101 cm³/mol. The molecule has 2 aromatic rings. The lowest BCUT2D eigenvalue weighted by Crippen LogP contribution is -2.32. The van der Waals surface area contributed by atoms with Crippen LogP contribution in [0.4, 0.5) is 4.39 Å². The summed E-state index contributed by atoms with van der Waals surface area (Å²) in [5, 5.41) is 3.28. The van der Waals surface area contributed by atoms with Crippen molar-refractivity contribution in [3.63, 3.8) is 0 Å². The normalized spacial score (nSPS) is 13.6. The van der Waals surface area contributed by atoms with Crippen molar-refractivity contribution in [3.05, 3.63) is 59.4 Å². The molecular formula is C21H25FN2O3. The van der Waals surface area contributed by atoms with Crippen LogP contribution >= 0.6 is 0 Å². The van der Waals surface area contributed by atoms with E-state index in [4.69, 9.17) is 9.47 Å². The Kier molecular flexibility index (Phi) is 6.65. The number of amides is 1. The van der Waals surface area contributed by atoms with Crippen LogP contribution in [-0.2, 0) is 17.9 Å². The molecule has 1 amide bonds. The zero-order chi connectivity index (χ0) is 19.1. The number of halogens is 1. The molecule has 27 heavy (non-hydrogen) atoms. The third kappa shape index (κ3) is 5.20. The number of hydrogen-bond acceptors (Lipinski definition) is 4. The van der Waals surface area contributed by atoms with Crippen molar-refractivity contribution in [2.24, 2.45) is 0 Å². The summed E-state index contributed by atoms with van der Waals surface area (Å²) in [6, 6.07) is 12.5. The standard InChI is InChI=1S/C21H25FN2O3/c1-26-20-9-8-16(12-18(20)22)13-23-14-17-6-2-3-7-19(17)27-15-21(25)24-10-4-5-11-24/h2-3,6-9,12,23H,4-5,10-11,13-15H2,1H3. The van der Waals surface area contributed by atoms with Crippen LogP contribution in [0.3, 0.4) is 0 Å². The number of hydrogen-bond donors (Lipinski definition) is 1. The molecule has 1 fully saturated rings. The van der Waals surface area contributed by atoms with Crippen LogP contribution < -0.4 is 14.8 Å². The van der Waals surface area contributed by atoms with Gasteiger partial charge in [-0.05, 0) is 36.6 Å². The molecule has 0 bridgehead atoms. The number of ether oxygens (including phenoxy) is 2. The molecule has 2 aromatic carbocycles. The average molecular weight is 372 g/mol. The Morgan fingerprint density at radius 3 is 2.63 bits per heavy atom. The van der Waals surface area contributed by atoms with Crippen LogP contribution in [0.25, 0.3) is 0 Å². The monoisotopic (exact) mass is 372 g/mol. The largest absolute Gasteiger partial charge is 0.494 e. The van der Waals surface area contributed by atoms with E-state index in [0.717, 1.165) is 37.1 Å². The van der Waals surface area contributed by atoms with Crippen LogP contribution in [0.1, 0.15) is 24.0 Å². The fraction of sp³-hybridized carbons (Fsp3) is 0.381. The van der Waals surface area contributed by atoms with E-state index in [9.17, 15) is 9.18 Å². The van der Waals surface area contributed by atoms with Gasteiger partial charge in [-0.15, -0.1) is 0 Å². The first-order chi connectivity index (χ1) is 13.2. The maximum Gasteiger partial charge on any atom is 0.260 e. The maximum atomic E-state index is 13.8. The summed E-state index contributed by atoms with van der Waals surface area (Å²) < 4.78 is 24.4. The molecule has 0 unspecified atom stereocenters. The third-order valence-electron chi connectivity index (χ3n) is 4.64. The van der Waals surface area contributed by atoms with E-state index in [-0.39, 0.29) is 24.1 Å². The minimum absolute atomic E-state index is 0.0315. The SMILES string of the molecule is COc1ccc(CNCc2ccccc2OCC(=O)N2CCCC2)cc1F. The van der Waals surface area contributed by atoms with Gasteiger partial charge in [0.25, 0.3) is 5.91 Å². The van der Waals surface area contributed by atoms with E-state index in [2.05, 4.69) is 5.32 Å². The van der Waals surface area contributed by atoms with E-state index in [0.29, 0.717) is 18.8 Å². The number of para-hydroxylation sites is 1. The molecule has 0 radical (unpaired) electrons. The minimum atomic E-state index is -0.374. The van der Waals surface area contributed by atoms with Crippen molar-refractivity contribution in [3.8, 4) is 11.5 Å². The fourth-order valence-corrected chi connectivity index (χ4v) is 3.15. The Morgan fingerprint density at radius 1 is 1.11 bits per heavy atom. The molecule has 0 aliphatic carbocycles. The molecule has 0 saturated carbocycles. The van der Waals surface area contributed by atoms with Gasteiger partial charge in [0.1, 0.15) is 5.75 Å². The minimum Gasteiger partial charge on any atom is -0.494 e. The van der Waals surface area contributed by atoms with E-state index in [1.165, 1.54) is 13.2 Å². The van der Waals surface area contributed by atoms with Crippen molar-refractivity contribution in [2.45, 2.75) is 25.9 Å². The van der Waals surface area contributed by atoms with Crippen LogP contribution in [0.15, 0.2) is 42.5 Å². The second-order valence-corrected chi connectivity index (χ2v) is 6.56. The molecule has 1 aliphatic rings. The van der Waals surface area contributed by atoms with E-state index in [1.54, 1.807) is 6.07 Å². The maximum absolute atomic E-state index is 13.8. The molecule has 144 valence electrons. The molecule has 5 nitrogen and oxygen atoms in total. The first-order valence-electron chi connectivity index (χ1n) is 9.19. The van der Waals surface area contributed by atoms with Gasteiger partial charge in [-0.1, -0.05) is 24.3 Å². The molecule has 0 atom stereocenters. The fourth-order valence-electron chi connectivity index (χ4n) is 3.15. The van der Waals surface area contributed by atoms with Gasteiger partial charge in [0, 0.05) is 31.7 Å². The van der Waals surface area contributed by atoms with Crippen molar-refractivity contribution in [2.75, 3.05) is 26.8 Å². The van der Waals surface area contributed by atoms with Crippen molar-refractivity contribution >= 4 is 5.91 Å². The highest BCUT2D eigenvalue weighted by Gasteiger charge is 2.18. The predicted octanol–water partition coefficient (Wildman–Crippen LogP) is 3.13. The van der Waals surface area contributed by atoms with Gasteiger partial charge in [0.15, 0.2) is 18.2 Å². The molecule has 1 aliphatic heterocycles. The summed E-state index contributed by atoms with van der Waals surface area (Å²) in [6.45, 7) is 2.78. The van der Waals surface area contributed by atoms with Crippen molar-refractivity contribution < 1.29 is 18.7 Å². The van der Waals surface area contributed by atoms with Gasteiger partial charge in [-0.3, -0.25) is 4.79 Å². The van der Waals surface area contributed by atoms with E-state index >= 15 is 0 Å². The summed E-state index contributed by atoms with van der Waals surface area (Å²) >= 11 is 0. The van der Waals surface area contributed by atoms with Crippen LogP contribution in [0.5, 0.6) is 11.5 Å². The van der Waals surface area contributed by atoms with E-state index < -0.39 is 0 Å². The summed E-state index contributed by atoms with van der Waals surface area (Å²) in [6.07, 6.45) is 2.14. The molecule has 6 heteroatoms. The van der Waals surface area contributed by atoms with Crippen LogP contribution in [0, 0.1) is 5.82 Å². The first-order valence-corrected chi connectivity index (χ1v) is 9.19. The quantitative estimate of drug-likeness (QED) is 0.774. The number of nitrogens with one attached hydrogen (secondary N) is 1. The lowest BCUT2D eigenvalue weighted by atomic mass is 10.1. The average Bonchev–Trinajstić information content (AvgIpc) is 3.22. The van der Waals surface area contributed by atoms with Gasteiger partial charge < -0.3 is 19.7 Å². The van der Waals surface area contributed by atoms with Crippen molar-refractivity contribution in [1.29, 1.82) is 0 Å². The molecular weight excluding hydrogens is 347 g/mol. The zero-order valence-corrected chi connectivity index (χ0v) is 15.5. The van der Waals surface area contributed by atoms with Gasteiger partial charge in [0.05, 0.1) is 7.11 Å². The highest BCUT2D eigenvalue weighted by atomic mass is 19.1. The van der Waals surface area contributed by atoms with Gasteiger partial charge in [0.2, 0.25) is 0 Å². The summed E-state index contributed by atoms with van der Waals surface area (Å²) in [4.78, 5) is 14.0. The summed E-state index contributed by atoms with van der Waals surface area (Å²) in [5.74, 6) is 0.587. The van der Waals surface area contributed by atoms with Crippen LogP contribution in [0.2, 0.25) is 0 Å². The number of benzene rings is 2. The van der Waals surface area contributed by atoms with Crippen LogP contribution in [-0.4, -0.2) is 37.6 Å². The van der Waals surface area contributed by atoms with Crippen molar-refractivity contribution in [1.82, 2.24) is 10.2 Å². The molecule has 1 heterocycles. The topological polar surface area (TPSA) is 50.8 Å². The highest BCUT2D eigenvalue weighted by Crippen LogP contribution is 2.20. The molecule has 0 spiro atoms. The zero-order valence-electron chi connectivity index (χ0n) is 15.5. The van der Waals surface area contributed by atoms with Gasteiger partial charge >= 0.3 is 0 Å². The smallest absolute Gasteiger partial charge is 0.260 e. The van der Waals surface area contributed by atoms with Gasteiger partial charge in [-0.25, -0.2) is 4.39 Å². The Balaban J connectivity index is 1.52. The lowest BCUT2D eigenvalue weighted by Gasteiger charge is -2.17. The molecule has 0 aromatic heterocycles. The third-order valence-corrected chi connectivity index (χ3v) is 4.64. The second-order valence-electron chi connectivity index (χ2n) is 6.56. The Labute approximate surface area is 159 Å². The number of carbonyl (C=O) groups excluding carboxylic acids is 1. The number of carbonyl (C=O) groups is 1. The summed E-state index contributed by atoms with van der Waals surface area (Å²) in [7, 11) is 1.45. The lowest BCUT2D eigenvalue weighted by molar-refractivity contribution is -0.132. The first kappa shape index (κ1) is 19.2. The highest BCUT2D eigenvalue weighted by molar-refractivity contribution is 5.78. The Hall–Kier alpha value is -2.60. The van der Waals surface area contributed by atoms with E-state index in [1.807, 2.05) is 35.2 Å². The summed E-state index contributed by atoms with van der Waals surface area (Å²) in [5.41, 5.74) is 1.79. The molecule has 1 N–H and O–H groups in total. The Bertz CT molecular complexity index is 776. The number of likely N-dealkylation sites (tertiary alicyclic amines) is 1. The number of rotatable bonds is 8.